The highest BCUT2D eigenvalue weighted by Gasteiger charge is 2.10. The van der Waals surface area contributed by atoms with E-state index in [4.69, 9.17) is 10.5 Å². The van der Waals surface area contributed by atoms with Crippen molar-refractivity contribution in [1.82, 2.24) is 19.9 Å². The fourth-order valence-electron chi connectivity index (χ4n) is 1.48. The Morgan fingerprint density at radius 1 is 1.39 bits per heavy atom. The molecule has 0 saturated heterocycles. The maximum Gasteiger partial charge on any atom is 0.245 e. The van der Waals surface area contributed by atoms with E-state index >= 15 is 0 Å². The zero-order chi connectivity index (χ0) is 12.5. The Morgan fingerprint density at radius 2 is 2.28 bits per heavy atom. The Hall–Kier alpha value is -1.67. The number of anilines is 1. The van der Waals surface area contributed by atoms with Crippen molar-refractivity contribution in [3.63, 3.8) is 0 Å². The molecule has 0 radical (unpaired) electrons. The predicted octanol–water partition coefficient (Wildman–Crippen LogP) is 2.34. The second kappa shape index (κ2) is 4.54. The Labute approximate surface area is 114 Å². The molecule has 6 nitrogen and oxygen atoms in total. The molecule has 0 aliphatic heterocycles. The van der Waals surface area contributed by atoms with E-state index in [0.29, 0.717) is 23.7 Å². The van der Waals surface area contributed by atoms with Gasteiger partial charge in [-0.05, 0) is 21.3 Å². The van der Waals surface area contributed by atoms with Crippen LogP contribution < -0.4 is 10.5 Å². The summed E-state index contributed by atoms with van der Waals surface area (Å²) in [6.07, 6.45) is 1.53. The van der Waals surface area contributed by atoms with E-state index in [1.807, 2.05) is 10.8 Å². The van der Waals surface area contributed by atoms with E-state index in [9.17, 15) is 0 Å². The van der Waals surface area contributed by atoms with E-state index in [1.165, 1.54) is 6.33 Å². The molecular formula is C10H8BrN5OS. The van der Waals surface area contributed by atoms with E-state index in [0.717, 1.165) is 10.0 Å². The summed E-state index contributed by atoms with van der Waals surface area (Å²) < 4.78 is 6.68. The third-order valence-electron chi connectivity index (χ3n) is 2.32. The van der Waals surface area contributed by atoms with Crippen LogP contribution in [0.25, 0.3) is 11.2 Å². The number of ether oxygens (including phenoxy) is 1. The minimum Gasteiger partial charge on any atom is -0.471 e. The molecule has 92 valence electrons. The van der Waals surface area contributed by atoms with Crippen molar-refractivity contribution in [2.45, 2.75) is 6.61 Å². The topological polar surface area (TPSA) is 89.7 Å². The highest BCUT2D eigenvalue weighted by Crippen LogP contribution is 2.25. The van der Waals surface area contributed by atoms with Crippen LogP contribution in [0.5, 0.6) is 5.88 Å². The predicted molar refractivity (Wildman–Crippen MR) is 72.4 cm³/mol. The molecular weight excluding hydrogens is 318 g/mol. The Bertz CT molecular complexity index is 694. The van der Waals surface area contributed by atoms with Crippen LogP contribution in [-0.4, -0.2) is 19.9 Å². The highest BCUT2D eigenvalue weighted by molar-refractivity contribution is 9.10. The molecule has 3 aromatic rings. The maximum atomic E-state index is 5.66. The Kier molecular flexibility index (Phi) is 2.88. The lowest BCUT2D eigenvalue weighted by molar-refractivity contribution is 0.297. The zero-order valence-electron chi connectivity index (χ0n) is 9.05. The van der Waals surface area contributed by atoms with Gasteiger partial charge in [0.15, 0.2) is 5.65 Å². The number of nitrogens with one attached hydrogen (secondary N) is 1. The number of halogens is 1. The molecule has 8 heteroatoms. The lowest BCUT2D eigenvalue weighted by atomic mass is 10.4. The van der Waals surface area contributed by atoms with Gasteiger partial charge in [0.2, 0.25) is 11.8 Å². The van der Waals surface area contributed by atoms with Crippen LogP contribution in [0.4, 0.5) is 5.95 Å². The number of hydrogen-bond acceptors (Lipinski definition) is 6. The maximum absolute atomic E-state index is 5.66. The first kappa shape index (κ1) is 11.4. The number of aromatic nitrogens is 4. The minimum atomic E-state index is 0.147. The molecule has 0 atom stereocenters. The zero-order valence-corrected chi connectivity index (χ0v) is 11.5. The lowest BCUT2D eigenvalue weighted by Crippen LogP contribution is -2.02. The van der Waals surface area contributed by atoms with Crippen LogP contribution in [-0.2, 0) is 6.61 Å². The second-order valence-corrected chi connectivity index (χ2v) is 5.12. The first-order chi connectivity index (χ1) is 8.74. The van der Waals surface area contributed by atoms with E-state index < -0.39 is 0 Å². The van der Waals surface area contributed by atoms with Crippen molar-refractivity contribution >= 4 is 44.4 Å². The number of H-pyrrole nitrogens is 1. The summed E-state index contributed by atoms with van der Waals surface area (Å²) in [6.45, 7) is 0.411. The van der Waals surface area contributed by atoms with Crippen molar-refractivity contribution in [2.24, 2.45) is 0 Å². The lowest BCUT2D eigenvalue weighted by Gasteiger charge is -2.05. The summed E-state index contributed by atoms with van der Waals surface area (Å²) in [5.41, 5.74) is 7.81. The molecule has 0 unspecified atom stereocenters. The van der Waals surface area contributed by atoms with Crippen molar-refractivity contribution < 1.29 is 4.74 Å². The molecule has 3 heterocycles. The Balaban J connectivity index is 1.90. The molecule has 3 rings (SSSR count). The summed E-state index contributed by atoms with van der Waals surface area (Å²) in [5, 5.41) is 4.01. The molecule has 18 heavy (non-hydrogen) atoms. The van der Waals surface area contributed by atoms with Gasteiger partial charge in [-0.15, -0.1) is 0 Å². The van der Waals surface area contributed by atoms with Crippen molar-refractivity contribution in [3.05, 3.63) is 27.1 Å². The molecule has 0 saturated carbocycles. The largest absolute Gasteiger partial charge is 0.471 e. The fraction of sp³-hybridized carbons (Fsp3) is 0.100. The molecule has 3 aromatic heterocycles. The molecule has 0 fully saturated rings. The van der Waals surface area contributed by atoms with E-state index in [-0.39, 0.29) is 5.95 Å². The van der Waals surface area contributed by atoms with Gasteiger partial charge in [0, 0.05) is 15.4 Å². The number of aromatic amines is 1. The van der Waals surface area contributed by atoms with Crippen molar-refractivity contribution in [2.75, 3.05) is 5.73 Å². The molecule has 3 N–H and O–H groups in total. The van der Waals surface area contributed by atoms with Crippen LogP contribution in [0, 0.1) is 0 Å². The van der Waals surface area contributed by atoms with Gasteiger partial charge in [-0.1, -0.05) is 0 Å². The van der Waals surface area contributed by atoms with Gasteiger partial charge in [-0.2, -0.15) is 21.3 Å². The van der Waals surface area contributed by atoms with Crippen LogP contribution in [0.3, 0.4) is 0 Å². The van der Waals surface area contributed by atoms with Gasteiger partial charge in [0.05, 0.1) is 6.33 Å². The summed E-state index contributed by atoms with van der Waals surface area (Å²) in [6, 6.07) is 0. The van der Waals surface area contributed by atoms with Crippen LogP contribution in [0.2, 0.25) is 0 Å². The van der Waals surface area contributed by atoms with Gasteiger partial charge in [0.1, 0.15) is 12.1 Å². The van der Waals surface area contributed by atoms with Crippen LogP contribution in [0.1, 0.15) is 5.56 Å². The first-order valence-corrected chi connectivity index (χ1v) is 6.77. The van der Waals surface area contributed by atoms with Gasteiger partial charge >= 0.3 is 0 Å². The summed E-state index contributed by atoms with van der Waals surface area (Å²) >= 11 is 5.05. The number of nitrogen functional groups attached to an aromatic ring is 1. The number of nitrogens with zero attached hydrogens (tertiary/aromatic N) is 3. The third-order valence-corrected chi connectivity index (χ3v) is 4.16. The molecule has 0 bridgehead atoms. The van der Waals surface area contributed by atoms with E-state index in [1.54, 1.807) is 11.3 Å². The van der Waals surface area contributed by atoms with Crippen LogP contribution >= 0.6 is 27.3 Å². The minimum absolute atomic E-state index is 0.147. The van der Waals surface area contributed by atoms with Gasteiger partial charge < -0.3 is 15.5 Å². The highest BCUT2D eigenvalue weighted by atomic mass is 79.9. The third kappa shape index (κ3) is 2.04. The summed E-state index contributed by atoms with van der Waals surface area (Å²) in [5.74, 6) is 0.557. The normalized spacial score (nSPS) is 10.9. The smallest absolute Gasteiger partial charge is 0.245 e. The van der Waals surface area contributed by atoms with Crippen molar-refractivity contribution in [1.29, 1.82) is 0 Å². The average molecular weight is 326 g/mol. The number of imidazole rings is 1. The quantitative estimate of drug-likeness (QED) is 0.771. The monoisotopic (exact) mass is 325 g/mol. The van der Waals surface area contributed by atoms with Gasteiger partial charge in [0.25, 0.3) is 0 Å². The number of fused-ring (bicyclic) bond motifs is 1. The standard InChI is InChI=1S/C10H8BrN5OS/c11-6-3-18-2-5(6)1-17-9-7-8(14-4-13-7)15-10(12)16-9/h2-4H,1H2,(H3,12,13,14,15,16). The van der Waals surface area contributed by atoms with Gasteiger partial charge in [-0.25, -0.2) is 4.98 Å². The molecule has 0 aromatic carbocycles. The second-order valence-electron chi connectivity index (χ2n) is 3.52. The molecule has 0 aliphatic rings. The SMILES string of the molecule is Nc1nc(OCc2cscc2Br)c2[nH]cnc2n1. The van der Waals surface area contributed by atoms with Crippen molar-refractivity contribution in [3.8, 4) is 5.88 Å². The number of nitrogens with two attached hydrogens (primary N) is 1. The number of rotatable bonds is 3. The Morgan fingerprint density at radius 3 is 3.06 bits per heavy atom. The van der Waals surface area contributed by atoms with Crippen LogP contribution in [0.15, 0.2) is 21.6 Å². The fourth-order valence-corrected chi connectivity index (χ4v) is 2.89. The van der Waals surface area contributed by atoms with E-state index in [2.05, 4.69) is 35.9 Å². The molecule has 0 spiro atoms. The number of thiophene rings is 1. The molecule has 0 aliphatic carbocycles. The first-order valence-electron chi connectivity index (χ1n) is 5.04. The molecule has 0 amide bonds. The number of hydrogen-bond donors (Lipinski definition) is 2. The summed E-state index contributed by atoms with van der Waals surface area (Å²) in [4.78, 5) is 15.0. The summed E-state index contributed by atoms with van der Waals surface area (Å²) in [7, 11) is 0. The van der Waals surface area contributed by atoms with Gasteiger partial charge in [-0.3, -0.25) is 0 Å². The average Bonchev–Trinajstić information content (AvgIpc) is 2.94.